The van der Waals surface area contributed by atoms with Gasteiger partial charge in [0.05, 0.1) is 0 Å². The predicted octanol–water partition coefficient (Wildman–Crippen LogP) is 2.49. The van der Waals surface area contributed by atoms with Crippen molar-refractivity contribution in [2.45, 2.75) is 45.7 Å². The van der Waals surface area contributed by atoms with Crippen LogP contribution in [0.1, 0.15) is 37.4 Å². The van der Waals surface area contributed by atoms with E-state index in [9.17, 15) is 0 Å². The monoisotopic (exact) mass is 245 g/mol. The van der Waals surface area contributed by atoms with Crippen LogP contribution >= 0.6 is 0 Å². The summed E-state index contributed by atoms with van der Waals surface area (Å²) >= 11 is 0. The summed E-state index contributed by atoms with van der Waals surface area (Å²) in [7, 11) is 0. The zero-order chi connectivity index (χ0) is 12.5. The number of nitrogens with zero attached hydrogens (tertiary/aromatic N) is 2. The zero-order valence-electron chi connectivity index (χ0n) is 11.4. The van der Waals surface area contributed by atoms with Gasteiger partial charge in [0.1, 0.15) is 5.82 Å². The van der Waals surface area contributed by atoms with Gasteiger partial charge in [-0.25, -0.2) is 4.98 Å². The standard InChI is InChI=1S/C15H23N3/c1-11-7-8-18(10-11)15-6-3-13(12(2)17-15)9-16-14-4-5-14/h3,6,11,14,16H,4-5,7-10H2,1-2H3. The molecule has 0 amide bonds. The van der Waals surface area contributed by atoms with E-state index in [1.165, 1.54) is 30.5 Å². The van der Waals surface area contributed by atoms with Gasteiger partial charge in [-0.05, 0) is 43.7 Å². The van der Waals surface area contributed by atoms with E-state index >= 15 is 0 Å². The molecule has 2 aliphatic rings. The average molecular weight is 245 g/mol. The van der Waals surface area contributed by atoms with Crippen LogP contribution in [0.2, 0.25) is 0 Å². The molecule has 1 saturated heterocycles. The molecule has 3 rings (SSSR count). The maximum absolute atomic E-state index is 4.77. The SMILES string of the molecule is Cc1nc(N2CCC(C)C2)ccc1CNC1CC1. The molecule has 0 radical (unpaired) electrons. The van der Waals surface area contributed by atoms with Crippen LogP contribution in [0.4, 0.5) is 5.82 Å². The lowest BCUT2D eigenvalue weighted by Gasteiger charge is -2.18. The van der Waals surface area contributed by atoms with Crippen LogP contribution in [0.3, 0.4) is 0 Å². The van der Waals surface area contributed by atoms with E-state index in [1.54, 1.807) is 0 Å². The normalized spacial score (nSPS) is 23.7. The van der Waals surface area contributed by atoms with Crippen LogP contribution in [-0.2, 0) is 6.54 Å². The van der Waals surface area contributed by atoms with Crippen LogP contribution in [0, 0.1) is 12.8 Å². The van der Waals surface area contributed by atoms with Crippen molar-refractivity contribution in [1.82, 2.24) is 10.3 Å². The number of aromatic nitrogens is 1. The first-order chi connectivity index (χ1) is 8.72. The molecule has 0 aromatic carbocycles. The second-order valence-electron chi connectivity index (χ2n) is 5.91. The minimum absolute atomic E-state index is 0.767. The number of rotatable bonds is 4. The van der Waals surface area contributed by atoms with Crippen molar-refractivity contribution in [2.75, 3.05) is 18.0 Å². The third-order valence-corrected chi connectivity index (χ3v) is 4.09. The molecular weight excluding hydrogens is 222 g/mol. The number of pyridine rings is 1. The van der Waals surface area contributed by atoms with Gasteiger partial charge in [0.25, 0.3) is 0 Å². The molecule has 1 unspecified atom stereocenters. The van der Waals surface area contributed by atoms with E-state index < -0.39 is 0 Å². The van der Waals surface area contributed by atoms with Crippen molar-refractivity contribution >= 4 is 5.82 Å². The highest BCUT2D eigenvalue weighted by Gasteiger charge is 2.22. The van der Waals surface area contributed by atoms with Gasteiger partial charge in [0.15, 0.2) is 0 Å². The lowest BCUT2D eigenvalue weighted by molar-refractivity contribution is 0.658. The van der Waals surface area contributed by atoms with Gasteiger partial charge >= 0.3 is 0 Å². The smallest absolute Gasteiger partial charge is 0.128 e. The Labute approximate surface area is 110 Å². The molecule has 1 saturated carbocycles. The lowest BCUT2D eigenvalue weighted by Crippen LogP contribution is -2.21. The van der Waals surface area contributed by atoms with Crippen LogP contribution in [-0.4, -0.2) is 24.1 Å². The highest BCUT2D eigenvalue weighted by atomic mass is 15.2. The molecule has 1 aliphatic carbocycles. The maximum atomic E-state index is 4.77. The molecule has 1 aliphatic heterocycles. The Morgan fingerprint density at radius 3 is 2.78 bits per heavy atom. The fourth-order valence-corrected chi connectivity index (χ4v) is 2.62. The number of hydrogen-bond acceptors (Lipinski definition) is 3. The molecule has 2 heterocycles. The number of aryl methyl sites for hydroxylation is 1. The molecule has 1 aromatic rings. The quantitative estimate of drug-likeness (QED) is 0.883. The van der Waals surface area contributed by atoms with E-state index in [0.717, 1.165) is 37.4 Å². The number of hydrogen-bond donors (Lipinski definition) is 1. The van der Waals surface area contributed by atoms with E-state index in [0.29, 0.717) is 0 Å². The van der Waals surface area contributed by atoms with Crippen LogP contribution in [0.5, 0.6) is 0 Å². The van der Waals surface area contributed by atoms with Crippen LogP contribution in [0.15, 0.2) is 12.1 Å². The molecular formula is C15H23N3. The van der Waals surface area contributed by atoms with Gasteiger partial charge in [-0.3, -0.25) is 0 Å². The minimum Gasteiger partial charge on any atom is -0.356 e. The first-order valence-electron chi connectivity index (χ1n) is 7.17. The molecule has 3 nitrogen and oxygen atoms in total. The first kappa shape index (κ1) is 12.0. The zero-order valence-corrected chi connectivity index (χ0v) is 11.4. The van der Waals surface area contributed by atoms with Crippen molar-refractivity contribution in [3.63, 3.8) is 0 Å². The van der Waals surface area contributed by atoms with Crippen molar-refractivity contribution in [2.24, 2.45) is 5.92 Å². The molecule has 3 heteroatoms. The molecule has 98 valence electrons. The summed E-state index contributed by atoms with van der Waals surface area (Å²) in [6, 6.07) is 5.20. The molecule has 0 bridgehead atoms. The van der Waals surface area contributed by atoms with Gasteiger partial charge in [-0.15, -0.1) is 0 Å². The predicted molar refractivity (Wildman–Crippen MR) is 74.8 cm³/mol. The Hall–Kier alpha value is -1.09. The fraction of sp³-hybridized carbons (Fsp3) is 0.667. The Kier molecular flexibility index (Phi) is 3.25. The third kappa shape index (κ3) is 2.66. The molecule has 1 aromatic heterocycles. The highest BCUT2D eigenvalue weighted by molar-refractivity contribution is 5.42. The second kappa shape index (κ2) is 4.88. The largest absolute Gasteiger partial charge is 0.356 e. The minimum atomic E-state index is 0.767. The van der Waals surface area contributed by atoms with Crippen LogP contribution < -0.4 is 10.2 Å². The molecule has 2 fully saturated rings. The molecule has 1 atom stereocenters. The van der Waals surface area contributed by atoms with Gasteiger partial charge in [-0.2, -0.15) is 0 Å². The highest BCUT2D eigenvalue weighted by Crippen LogP contribution is 2.23. The third-order valence-electron chi connectivity index (χ3n) is 4.09. The summed E-state index contributed by atoms with van der Waals surface area (Å²) in [5.74, 6) is 1.97. The van der Waals surface area contributed by atoms with Gasteiger partial charge in [0, 0.05) is 31.4 Å². The summed E-state index contributed by atoms with van der Waals surface area (Å²) in [6.07, 6.45) is 3.98. The van der Waals surface area contributed by atoms with E-state index in [4.69, 9.17) is 4.98 Å². The number of anilines is 1. The number of nitrogens with one attached hydrogen (secondary N) is 1. The van der Waals surface area contributed by atoms with E-state index in [2.05, 4.69) is 36.2 Å². The van der Waals surface area contributed by atoms with Gasteiger partial charge in [-0.1, -0.05) is 13.0 Å². The molecule has 18 heavy (non-hydrogen) atoms. The molecule has 1 N–H and O–H groups in total. The summed E-state index contributed by atoms with van der Waals surface area (Å²) < 4.78 is 0. The summed E-state index contributed by atoms with van der Waals surface area (Å²) in [5.41, 5.74) is 2.53. The molecule has 0 spiro atoms. The van der Waals surface area contributed by atoms with E-state index in [1.807, 2.05) is 0 Å². The van der Waals surface area contributed by atoms with E-state index in [-0.39, 0.29) is 0 Å². The Balaban J connectivity index is 1.67. The Morgan fingerprint density at radius 2 is 2.17 bits per heavy atom. The summed E-state index contributed by atoms with van der Waals surface area (Å²) in [6.45, 7) is 7.74. The fourth-order valence-electron chi connectivity index (χ4n) is 2.62. The van der Waals surface area contributed by atoms with Crippen molar-refractivity contribution in [1.29, 1.82) is 0 Å². The topological polar surface area (TPSA) is 28.2 Å². The Bertz CT molecular complexity index is 426. The van der Waals surface area contributed by atoms with Crippen LogP contribution in [0.25, 0.3) is 0 Å². The van der Waals surface area contributed by atoms with Gasteiger partial charge in [0.2, 0.25) is 0 Å². The van der Waals surface area contributed by atoms with Crippen molar-refractivity contribution in [3.8, 4) is 0 Å². The maximum Gasteiger partial charge on any atom is 0.128 e. The van der Waals surface area contributed by atoms with Crippen molar-refractivity contribution < 1.29 is 0 Å². The second-order valence-corrected chi connectivity index (χ2v) is 5.91. The summed E-state index contributed by atoms with van der Waals surface area (Å²) in [4.78, 5) is 7.19. The van der Waals surface area contributed by atoms with Crippen molar-refractivity contribution in [3.05, 3.63) is 23.4 Å². The summed E-state index contributed by atoms with van der Waals surface area (Å²) in [5, 5.41) is 3.56. The van der Waals surface area contributed by atoms with Gasteiger partial charge < -0.3 is 10.2 Å². The first-order valence-corrected chi connectivity index (χ1v) is 7.17. The lowest BCUT2D eigenvalue weighted by atomic mass is 10.2. The average Bonchev–Trinajstić information content (AvgIpc) is 3.08. The Morgan fingerprint density at radius 1 is 1.33 bits per heavy atom.